The second-order valence-corrected chi connectivity index (χ2v) is 7.67. The van der Waals surface area contributed by atoms with Crippen LogP contribution in [-0.4, -0.2) is 27.0 Å². The van der Waals surface area contributed by atoms with Crippen LogP contribution in [0.2, 0.25) is 0 Å². The molecule has 6 nitrogen and oxygen atoms in total. The van der Waals surface area contributed by atoms with Crippen LogP contribution in [-0.2, 0) is 14.8 Å². The molecular formula is C19H24N2O4S. The smallest absolute Gasteiger partial charge is 0.261 e. The van der Waals surface area contributed by atoms with Crippen molar-refractivity contribution < 1.29 is 17.9 Å². The minimum atomic E-state index is -3.67. The molecule has 1 atom stereocenters. The lowest BCUT2D eigenvalue weighted by Gasteiger charge is -2.13. The zero-order chi connectivity index (χ0) is 19.0. The molecule has 0 aliphatic carbocycles. The molecule has 0 aromatic heterocycles. The number of hydrogen-bond donors (Lipinski definition) is 2. The van der Waals surface area contributed by atoms with Crippen molar-refractivity contribution in [2.75, 3.05) is 11.3 Å². The highest BCUT2D eigenvalue weighted by molar-refractivity contribution is 7.92. The molecule has 0 heterocycles. The van der Waals surface area contributed by atoms with Crippen LogP contribution >= 0.6 is 0 Å². The number of sulfonamides is 1. The van der Waals surface area contributed by atoms with Gasteiger partial charge in [0.25, 0.3) is 15.9 Å². The maximum absolute atomic E-state index is 12.3. The normalized spacial score (nSPS) is 12.2. The lowest BCUT2D eigenvalue weighted by molar-refractivity contribution is -0.123. The van der Waals surface area contributed by atoms with Crippen molar-refractivity contribution in [3.8, 4) is 5.75 Å². The van der Waals surface area contributed by atoms with Crippen LogP contribution in [0.4, 0.5) is 5.69 Å². The quantitative estimate of drug-likeness (QED) is 0.704. The maximum atomic E-state index is 12.3. The molecule has 140 valence electrons. The van der Waals surface area contributed by atoms with E-state index >= 15 is 0 Å². The molecule has 0 aliphatic heterocycles. The summed E-state index contributed by atoms with van der Waals surface area (Å²) in [6.45, 7) is 3.89. The Labute approximate surface area is 154 Å². The van der Waals surface area contributed by atoms with Crippen molar-refractivity contribution in [1.82, 2.24) is 5.32 Å². The zero-order valence-corrected chi connectivity index (χ0v) is 15.8. The average Bonchev–Trinajstić information content (AvgIpc) is 2.61. The average molecular weight is 376 g/mol. The van der Waals surface area contributed by atoms with Gasteiger partial charge in [0.05, 0.1) is 4.90 Å². The number of hydrogen-bond acceptors (Lipinski definition) is 4. The van der Waals surface area contributed by atoms with Gasteiger partial charge in [-0.2, -0.15) is 0 Å². The third-order valence-electron chi connectivity index (χ3n) is 3.66. The largest absolute Gasteiger partial charge is 0.484 e. The highest BCUT2D eigenvalue weighted by Crippen LogP contribution is 2.19. The van der Waals surface area contributed by atoms with E-state index < -0.39 is 10.0 Å². The summed E-state index contributed by atoms with van der Waals surface area (Å²) in [5.74, 6) is 0.232. The number of benzene rings is 2. The molecule has 26 heavy (non-hydrogen) atoms. The van der Waals surface area contributed by atoms with E-state index in [4.69, 9.17) is 4.74 Å². The Balaban J connectivity index is 1.92. The molecule has 0 spiro atoms. The monoisotopic (exact) mass is 376 g/mol. The summed E-state index contributed by atoms with van der Waals surface area (Å²) >= 11 is 0. The van der Waals surface area contributed by atoms with Gasteiger partial charge >= 0.3 is 0 Å². The van der Waals surface area contributed by atoms with Gasteiger partial charge in [-0.05, 0) is 49.7 Å². The summed E-state index contributed by atoms with van der Waals surface area (Å²) in [5, 5.41) is 2.84. The second-order valence-electron chi connectivity index (χ2n) is 5.99. The molecule has 0 bridgehead atoms. The molecule has 1 unspecified atom stereocenters. The Morgan fingerprint density at radius 3 is 2.35 bits per heavy atom. The van der Waals surface area contributed by atoms with Gasteiger partial charge in [0.1, 0.15) is 5.75 Å². The van der Waals surface area contributed by atoms with Crippen LogP contribution in [0.15, 0.2) is 59.5 Å². The minimum Gasteiger partial charge on any atom is -0.484 e. The van der Waals surface area contributed by atoms with E-state index in [2.05, 4.69) is 17.0 Å². The molecule has 2 rings (SSSR count). The molecule has 2 N–H and O–H groups in total. The van der Waals surface area contributed by atoms with Crippen molar-refractivity contribution in [1.29, 1.82) is 0 Å². The van der Waals surface area contributed by atoms with Crippen LogP contribution in [0.1, 0.15) is 26.7 Å². The number of carbonyl (C=O) groups is 1. The fourth-order valence-corrected chi connectivity index (χ4v) is 3.46. The van der Waals surface area contributed by atoms with Crippen molar-refractivity contribution in [3.05, 3.63) is 54.6 Å². The predicted molar refractivity (Wildman–Crippen MR) is 102 cm³/mol. The fraction of sp³-hybridized carbons (Fsp3) is 0.316. The summed E-state index contributed by atoms with van der Waals surface area (Å²) in [4.78, 5) is 11.9. The van der Waals surface area contributed by atoms with E-state index in [1.807, 2.05) is 13.0 Å². The standard InChI is InChI=1S/C19H24N2O4S/c1-3-7-15(2)20-19(22)14-25-17-10-12-18(13-11-17)26(23,24)21-16-8-5-4-6-9-16/h4-6,8-13,15,21H,3,7,14H2,1-2H3,(H,20,22). The Morgan fingerprint density at radius 2 is 1.73 bits per heavy atom. The Hall–Kier alpha value is -2.54. The summed E-state index contributed by atoms with van der Waals surface area (Å²) in [6.07, 6.45) is 1.90. The number of ether oxygens (including phenoxy) is 1. The summed E-state index contributed by atoms with van der Waals surface area (Å²) in [6, 6.07) is 14.7. The van der Waals surface area contributed by atoms with Gasteiger partial charge in [0.15, 0.2) is 6.61 Å². The van der Waals surface area contributed by atoms with Crippen LogP contribution < -0.4 is 14.8 Å². The molecule has 0 fully saturated rings. The van der Waals surface area contributed by atoms with E-state index in [-0.39, 0.29) is 23.5 Å². The van der Waals surface area contributed by atoms with Crippen LogP contribution in [0.3, 0.4) is 0 Å². The Bertz CT molecular complexity index is 805. The fourth-order valence-electron chi connectivity index (χ4n) is 2.41. The first-order valence-electron chi connectivity index (χ1n) is 8.51. The third kappa shape index (κ3) is 6.07. The van der Waals surface area contributed by atoms with Gasteiger partial charge < -0.3 is 10.1 Å². The Morgan fingerprint density at radius 1 is 1.08 bits per heavy atom. The van der Waals surface area contributed by atoms with Gasteiger partial charge in [-0.25, -0.2) is 8.42 Å². The summed E-state index contributed by atoms with van der Waals surface area (Å²) < 4.78 is 32.6. The highest BCUT2D eigenvalue weighted by Gasteiger charge is 2.14. The van der Waals surface area contributed by atoms with E-state index in [0.29, 0.717) is 11.4 Å². The first-order valence-corrected chi connectivity index (χ1v) is 9.99. The molecule has 0 saturated carbocycles. The van der Waals surface area contributed by atoms with Crippen LogP contribution in [0, 0.1) is 0 Å². The molecule has 2 aromatic carbocycles. The molecule has 2 aromatic rings. The molecule has 0 aliphatic rings. The van der Waals surface area contributed by atoms with Crippen LogP contribution in [0.25, 0.3) is 0 Å². The molecule has 7 heteroatoms. The second kappa shape index (κ2) is 9.24. The number of para-hydroxylation sites is 1. The number of rotatable bonds is 9. The third-order valence-corrected chi connectivity index (χ3v) is 5.06. The topological polar surface area (TPSA) is 84.5 Å². The first-order chi connectivity index (χ1) is 12.4. The molecular weight excluding hydrogens is 352 g/mol. The molecule has 0 saturated heterocycles. The van der Waals surface area contributed by atoms with Crippen molar-refractivity contribution in [2.45, 2.75) is 37.6 Å². The van der Waals surface area contributed by atoms with E-state index in [1.54, 1.807) is 24.3 Å². The highest BCUT2D eigenvalue weighted by atomic mass is 32.2. The van der Waals surface area contributed by atoms with Crippen molar-refractivity contribution >= 4 is 21.6 Å². The van der Waals surface area contributed by atoms with Gasteiger partial charge in [0, 0.05) is 11.7 Å². The van der Waals surface area contributed by atoms with Crippen molar-refractivity contribution in [3.63, 3.8) is 0 Å². The maximum Gasteiger partial charge on any atom is 0.261 e. The van der Waals surface area contributed by atoms with Crippen LogP contribution in [0.5, 0.6) is 5.75 Å². The summed E-state index contributed by atoms with van der Waals surface area (Å²) in [7, 11) is -3.67. The van der Waals surface area contributed by atoms with Gasteiger partial charge in [-0.3, -0.25) is 9.52 Å². The zero-order valence-electron chi connectivity index (χ0n) is 14.9. The van der Waals surface area contributed by atoms with E-state index in [0.717, 1.165) is 12.8 Å². The number of nitrogens with one attached hydrogen (secondary N) is 2. The van der Waals surface area contributed by atoms with E-state index in [1.165, 1.54) is 24.3 Å². The van der Waals surface area contributed by atoms with Gasteiger partial charge in [0.2, 0.25) is 0 Å². The van der Waals surface area contributed by atoms with E-state index in [9.17, 15) is 13.2 Å². The van der Waals surface area contributed by atoms with Gasteiger partial charge in [-0.15, -0.1) is 0 Å². The number of amides is 1. The lowest BCUT2D eigenvalue weighted by Crippen LogP contribution is -2.35. The van der Waals surface area contributed by atoms with Crippen molar-refractivity contribution in [2.24, 2.45) is 0 Å². The lowest BCUT2D eigenvalue weighted by atomic mass is 10.2. The number of anilines is 1. The first kappa shape index (κ1) is 19.8. The molecule has 0 radical (unpaired) electrons. The minimum absolute atomic E-state index is 0.104. The predicted octanol–water partition coefficient (Wildman–Crippen LogP) is 3.17. The molecule has 1 amide bonds. The SMILES string of the molecule is CCCC(C)NC(=O)COc1ccc(S(=O)(=O)Nc2ccccc2)cc1. The van der Waals surface area contributed by atoms with Gasteiger partial charge in [-0.1, -0.05) is 31.5 Å². The summed E-state index contributed by atoms with van der Waals surface area (Å²) in [5.41, 5.74) is 0.491. The number of carbonyl (C=O) groups excluding carboxylic acids is 1. The Kier molecular flexibility index (Phi) is 7.03.